The van der Waals surface area contributed by atoms with E-state index in [1.807, 2.05) is 0 Å². The Morgan fingerprint density at radius 1 is 0.783 bits per heavy atom. The fourth-order valence-electron chi connectivity index (χ4n) is 1.69. The molecule has 0 fully saturated rings. The number of ether oxygens (including phenoxy) is 1. The van der Waals surface area contributed by atoms with Crippen LogP contribution in [-0.2, 0) is 4.74 Å². The van der Waals surface area contributed by atoms with E-state index in [9.17, 15) is 29.8 Å². The molecule has 0 heterocycles. The largest absolute Gasteiger partial charge is 0.386 e. The van der Waals surface area contributed by atoms with Gasteiger partial charge >= 0.3 is 11.9 Å². The Morgan fingerprint density at radius 2 is 1.17 bits per heavy atom. The lowest BCUT2D eigenvalue weighted by molar-refractivity contribution is -0.385. The fraction of sp³-hybridized carbons (Fsp3) is 0. The molecule has 0 aliphatic heterocycles. The molecule has 0 saturated heterocycles. The summed E-state index contributed by atoms with van der Waals surface area (Å²) in [7, 11) is 0. The normalized spacial score (nSPS) is 9.91. The van der Waals surface area contributed by atoms with Crippen molar-refractivity contribution < 1.29 is 24.2 Å². The summed E-state index contributed by atoms with van der Waals surface area (Å²) in [6, 6.07) is 9.32. The molecule has 2 rings (SSSR count). The van der Waals surface area contributed by atoms with Gasteiger partial charge in [-0.2, -0.15) is 0 Å². The van der Waals surface area contributed by atoms with Crippen LogP contribution in [0.3, 0.4) is 0 Å². The number of nitro benzene ring substituents is 2. The van der Waals surface area contributed by atoms with Crippen molar-refractivity contribution >= 4 is 23.3 Å². The molecule has 0 aliphatic rings. The number of hydrogen-bond acceptors (Lipinski definition) is 7. The third kappa shape index (κ3) is 3.73. The summed E-state index contributed by atoms with van der Waals surface area (Å²) in [6.45, 7) is 0. The Labute approximate surface area is 128 Å². The van der Waals surface area contributed by atoms with Gasteiger partial charge in [0.15, 0.2) is 0 Å². The minimum atomic E-state index is -1.09. The van der Waals surface area contributed by atoms with Gasteiger partial charge in [-0.3, -0.25) is 20.2 Å². The van der Waals surface area contributed by atoms with Gasteiger partial charge in [-0.15, -0.1) is 0 Å². The molecule has 2 aromatic rings. The van der Waals surface area contributed by atoms with E-state index in [2.05, 4.69) is 4.74 Å². The molecule has 9 nitrogen and oxygen atoms in total. The lowest BCUT2D eigenvalue weighted by Gasteiger charge is -2.03. The van der Waals surface area contributed by atoms with Crippen LogP contribution in [0.5, 0.6) is 0 Å². The van der Waals surface area contributed by atoms with Crippen LogP contribution in [-0.4, -0.2) is 21.8 Å². The quantitative estimate of drug-likeness (QED) is 0.366. The van der Waals surface area contributed by atoms with Gasteiger partial charge in [-0.05, 0) is 12.1 Å². The second-order valence-electron chi connectivity index (χ2n) is 4.29. The molecule has 0 saturated carbocycles. The van der Waals surface area contributed by atoms with Crippen LogP contribution >= 0.6 is 0 Å². The van der Waals surface area contributed by atoms with Gasteiger partial charge in [0.1, 0.15) is 0 Å². The van der Waals surface area contributed by atoms with Crippen molar-refractivity contribution in [2.75, 3.05) is 0 Å². The Hall–Kier alpha value is -3.62. The monoisotopic (exact) mass is 316 g/mol. The summed E-state index contributed by atoms with van der Waals surface area (Å²) >= 11 is 0. The molecule has 9 heteroatoms. The van der Waals surface area contributed by atoms with Crippen molar-refractivity contribution in [3.8, 4) is 0 Å². The SMILES string of the molecule is O=C(OC(=O)c1cccc([N+](=O)[O-])c1)c1cccc([N+](=O)[O-])c1. The number of rotatable bonds is 4. The number of benzene rings is 2. The van der Waals surface area contributed by atoms with E-state index in [1.165, 1.54) is 36.4 Å². The van der Waals surface area contributed by atoms with Crippen molar-refractivity contribution in [2.24, 2.45) is 0 Å². The summed E-state index contributed by atoms with van der Waals surface area (Å²) in [4.78, 5) is 43.5. The maximum absolute atomic E-state index is 11.8. The summed E-state index contributed by atoms with van der Waals surface area (Å²) in [5.74, 6) is -2.18. The number of esters is 2. The van der Waals surface area contributed by atoms with E-state index in [0.717, 1.165) is 12.1 Å². The zero-order chi connectivity index (χ0) is 17.0. The van der Waals surface area contributed by atoms with Gasteiger partial charge in [0.2, 0.25) is 0 Å². The third-order valence-electron chi connectivity index (χ3n) is 2.77. The predicted octanol–water partition coefficient (Wildman–Crippen LogP) is 2.50. The van der Waals surface area contributed by atoms with Crippen molar-refractivity contribution in [3.05, 3.63) is 79.9 Å². The number of nitro groups is 2. The summed E-state index contributed by atoms with van der Waals surface area (Å²) in [5, 5.41) is 21.3. The third-order valence-corrected chi connectivity index (χ3v) is 2.77. The summed E-state index contributed by atoms with van der Waals surface area (Å²) in [6.07, 6.45) is 0. The van der Waals surface area contributed by atoms with Crippen LogP contribution in [0.1, 0.15) is 20.7 Å². The molecule has 0 unspecified atom stereocenters. The number of carbonyl (C=O) groups excluding carboxylic acids is 2. The first-order valence-electron chi connectivity index (χ1n) is 6.14. The second-order valence-corrected chi connectivity index (χ2v) is 4.29. The Kier molecular flexibility index (Phi) is 4.41. The maximum atomic E-state index is 11.8. The average molecular weight is 316 g/mol. The van der Waals surface area contributed by atoms with E-state index in [-0.39, 0.29) is 22.5 Å². The van der Waals surface area contributed by atoms with E-state index in [4.69, 9.17) is 0 Å². The molecule has 0 radical (unpaired) electrons. The molecule has 2 aromatic carbocycles. The highest BCUT2D eigenvalue weighted by molar-refractivity contribution is 6.03. The Bertz CT molecular complexity index is 749. The number of nitrogens with zero attached hydrogens (tertiary/aromatic N) is 2. The summed E-state index contributed by atoms with van der Waals surface area (Å²) < 4.78 is 4.57. The van der Waals surface area contributed by atoms with Crippen LogP contribution < -0.4 is 0 Å². The molecule has 23 heavy (non-hydrogen) atoms. The van der Waals surface area contributed by atoms with E-state index in [0.29, 0.717) is 0 Å². The lowest BCUT2D eigenvalue weighted by atomic mass is 10.2. The van der Waals surface area contributed by atoms with Crippen molar-refractivity contribution in [1.29, 1.82) is 0 Å². The van der Waals surface area contributed by atoms with Gasteiger partial charge in [0, 0.05) is 24.3 Å². The molecule has 0 N–H and O–H groups in total. The standard InChI is InChI=1S/C14H8N2O7/c17-13(9-3-1-5-11(7-9)15(19)20)23-14(18)10-4-2-6-12(8-10)16(21)22/h1-8H. The van der Waals surface area contributed by atoms with Crippen LogP contribution in [0.4, 0.5) is 11.4 Å². The van der Waals surface area contributed by atoms with E-state index in [1.54, 1.807) is 0 Å². The molecule has 0 spiro atoms. The Balaban J connectivity index is 2.18. The van der Waals surface area contributed by atoms with E-state index >= 15 is 0 Å². The lowest BCUT2D eigenvalue weighted by Crippen LogP contribution is -2.13. The first kappa shape index (κ1) is 15.8. The number of carbonyl (C=O) groups is 2. The van der Waals surface area contributed by atoms with Crippen molar-refractivity contribution in [3.63, 3.8) is 0 Å². The zero-order valence-electron chi connectivity index (χ0n) is 11.4. The minimum Gasteiger partial charge on any atom is -0.386 e. The van der Waals surface area contributed by atoms with Gasteiger partial charge in [-0.1, -0.05) is 12.1 Å². The number of non-ortho nitro benzene ring substituents is 2. The van der Waals surface area contributed by atoms with Crippen LogP contribution in [0.2, 0.25) is 0 Å². The molecular formula is C14H8N2O7. The highest BCUT2D eigenvalue weighted by Crippen LogP contribution is 2.16. The average Bonchev–Trinajstić information content (AvgIpc) is 2.54. The van der Waals surface area contributed by atoms with Gasteiger partial charge in [-0.25, -0.2) is 9.59 Å². The van der Waals surface area contributed by atoms with Gasteiger partial charge in [0.05, 0.1) is 21.0 Å². The molecule has 0 atom stereocenters. The molecule has 116 valence electrons. The fourth-order valence-corrected chi connectivity index (χ4v) is 1.69. The van der Waals surface area contributed by atoms with Crippen molar-refractivity contribution in [2.45, 2.75) is 0 Å². The minimum absolute atomic E-state index is 0.182. The van der Waals surface area contributed by atoms with Crippen LogP contribution in [0.25, 0.3) is 0 Å². The molecule has 0 bridgehead atoms. The van der Waals surface area contributed by atoms with Crippen LogP contribution in [0, 0.1) is 20.2 Å². The predicted molar refractivity (Wildman–Crippen MR) is 75.9 cm³/mol. The first-order valence-corrected chi connectivity index (χ1v) is 6.14. The smallest absolute Gasteiger partial charge is 0.346 e. The highest BCUT2D eigenvalue weighted by atomic mass is 16.6. The Morgan fingerprint density at radius 3 is 1.52 bits per heavy atom. The summed E-state index contributed by atoms with van der Waals surface area (Å²) in [5.41, 5.74) is -1.03. The molecule has 0 amide bonds. The molecule has 0 aliphatic carbocycles. The van der Waals surface area contributed by atoms with Crippen LogP contribution in [0.15, 0.2) is 48.5 Å². The maximum Gasteiger partial charge on any atom is 0.346 e. The van der Waals surface area contributed by atoms with E-state index < -0.39 is 21.8 Å². The zero-order valence-corrected chi connectivity index (χ0v) is 11.4. The molecular weight excluding hydrogens is 308 g/mol. The molecule has 0 aromatic heterocycles. The van der Waals surface area contributed by atoms with Gasteiger partial charge in [0.25, 0.3) is 11.4 Å². The number of hydrogen-bond donors (Lipinski definition) is 0. The highest BCUT2D eigenvalue weighted by Gasteiger charge is 2.19. The second kappa shape index (κ2) is 6.43. The topological polar surface area (TPSA) is 130 Å². The first-order chi connectivity index (χ1) is 10.9. The van der Waals surface area contributed by atoms with Gasteiger partial charge < -0.3 is 4.74 Å². The van der Waals surface area contributed by atoms with Crippen molar-refractivity contribution in [1.82, 2.24) is 0 Å².